The first kappa shape index (κ1) is 15.1. The van der Waals surface area contributed by atoms with Crippen molar-refractivity contribution in [3.05, 3.63) is 52.2 Å². The SMILES string of the molecule is CN(Cc1ccsc1)C(=O)COc1ccccc1C(N)=O. The molecule has 21 heavy (non-hydrogen) atoms. The highest BCUT2D eigenvalue weighted by atomic mass is 32.1. The molecule has 110 valence electrons. The van der Waals surface area contributed by atoms with E-state index in [2.05, 4.69) is 0 Å². The van der Waals surface area contributed by atoms with Crippen molar-refractivity contribution in [1.82, 2.24) is 4.90 Å². The Morgan fingerprint density at radius 2 is 2.05 bits per heavy atom. The molecule has 0 aliphatic rings. The third-order valence-corrected chi connectivity index (χ3v) is 3.66. The highest BCUT2D eigenvalue weighted by molar-refractivity contribution is 7.07. The standard InChI is InChI=1S/C15H16N2O3S/c1-17(8-11-6-7-21-10-11)14(18)9-20-13-5-3-2-4-12(13)15(16)19/h2-7,10H,8-9H2,1H3,(H2,16,19). The van der Waals surface area contributed by atoms with Gasteiger partial charge in [0.05, 0.1) is 5.56 Å². The molecule has 0 aliphatic heterocycles. The monoisotopic (exact) mass is 304 g/mol. The summed E-state index contributed by atoms with van der Waals surface area (Å²) in [4.78, 5) is 24.9. The Morgan fingerprint density at radius 1 is 1.29 bits per heavy atom. The van der Waals surface area contributed by atoms with Crippen molar-refractivity contribution in [1.29, 1.82) is 0 Å². The molecule has 2 N–H and O–H groups in total. The van der Waals surface area contributed by atoms with Gasteiger partial charge in [-0.3, -0.25) is 9.59 Å². The van der Waals surface area contributed by atoms with Crippen LogP contribution in [0.3, 0.4) is 0 Å². The fourth-order valence-electron chi connectivity index (χ4n) is 1.79. The van der Waals surface area contributed by atoms with E-state index in [1.165, 1.54) is 0 Å². The van der Waals surface area contributed by atoms with E-state index >= 15 is 0 Å². The number of nitrogens with zero attached hydrogens (tertiary/aromatic N) is 1. The Morgan fingerprint density at radius 3 is 2.71 bits per heavy atom. The second-order valence-electron chi connectivity index (χ2n) is 4.53. The normalized spacial score (nSPS) is 10.1. The summed E-state index contributed by atoms with van der Waals surface area (Å²) < 4.78 is 5.41. The molecule has 0 bridgehead atoms. The number of primary amides is 1. The van der Waals surface area contributed by atoms with Gasteiger partial charge < -0.3 is 15.4 Å². The first-order valence-corrected chi connectivity index (χ1v) is 7.29. The van der Waals surface area contributed by atoms with Crippen LogP contribution < -0.4 is 10.5 Å². The minimum atomic E-state index is -0.579. The summed E-state index contributed by atoms with van der Waals surface area (Å²) in [5, 5.41) is 3.96. The van der Waals surface area contributed by atoms with Crippen LogP contribution in [0.2, 0.25) is 0 Å². The van der Waals surface area contributed by atoms with E-state index in [0.717, 1.165) is 5.56 Å². The predicted molar refractivity (Wildman–Crippen MR) is 81.2 cm³/mol. The van der Waals surface area contributed by atoms with Crippen molar-refractivity contribution in [3.63, 3.8) is 0 Å². The highest BCUT2D eigenvalue weighted by Gasteiger charge is 2.13. The lowest BCUT2D eigenvalue weighted by atomic mass is 10.2. The van der Waals surface area contributed by atoms with Crippen LogP contribution in [0, 0.1) is 0 Å². The fraction of sp³-hybridized carbons (Fsp3) is 0.200. The van der Waals surface area contributed by atoms with Crippen LogP contribution in [0.4, 0.5) is 0 Å². The van der Waals surface area contributed by atoms with E-state index in [1.807, 2.05) is 16.8 Å². The van der Waals surface area contributed by atoms with Gasteiger partial charge in [0.2, 0.25) is 0 Å². The molecule has 0 unspecified atom stereocenters. The molecule has 6 heteroatoms. The number of carbonyl (C=O) groups is 2. The van der Waals surface area contributed by atoms with E-state index in [1.54, 1.807) is 47.5 Å². The molecule has 2 amide bonds. The molecule has 0 atom stereocenters. The number of para-hydroxylation sites is 1. The van der Waals surface area contributed by atoms with Gasteiger partial charge >= 0.3 is 0 Å². The molecule has 1 aromatic heterocycles. The van der Waals surface area contributed by atoms with Crippen LogP contribution in [0.15, 0.2) is 41.1 Å². The van der Waals surface area contributed by atoms with Crippen LogP contribution in [-0.4, -0.2) is 30.4 Å². The fourth-order valence-corrected chi connectivity index (χ4v) is 2.45. The summed E-state index contributed by atoms with van der Waals surface area (Å²) in [6.45, 7) is 0.397. The van der Waals surface area contributed by atoms with E-state index < -0.39 is 5.91 Å². The van der Waals surface area contributed by atoms with Gasteiger partial charge in [-0.25, -0.2) is 0 Å². The summed E-state index contributed by atoms with van der Waals surface area (Å²) in [5.41, 5.74) is 6.60. The van der Waals surface area contributed by atoms with Crippen molar-refractivity contribution in [2.45, 2.75) is 6.54 Å². The quantitative estimate of drug-likeness (QED) is 0.885. The second kappa shape index (κ2) is 6.90. The van der Waals surface area contributed by atoms with Crippen molar-refractivity contribution in [3.8, 4) is 5.75 Å². The molecule has 0 fully saturated rings. The summed E-state index contributed by atoms with van der Waals surface area (Å²) in [5.74, 6) is -0.424. The average Bonchev–Trinajstić information content (AvgIpc) is 2.97. The number of ether oxygens (including phenoxy) is 1. The number of thiophene rings is 1. The maximum atomic E-state index is 12.0. The molecule has 0 aliphatic carbocycles. The lowest BCUT2D eigenvalue weighted by Gasteiger charge is -2.17. The largest absolute Gasteiger partial charge is 0.483 e. The number of carbonyl (C=O) groups excluding carboxylic acids is 2. The highest BCUT2D eigenvalue weighted by Crippen LogP contribution is 2.17. The average molecular weight is 304 g/mol. The maximum absolute atomic E-state index is 12.0. The van der Waals surface area contributed by atoms with Gasteiger partial charge in [-0.2, -0.15) is 11.3 Å². The molecule has 0 spiro atoms. The Balaban J connectivity index is 1.93. The molecular weight excluding hydrogens is 288 g/mol. The number of hydrogen-bond acceptors (Lipinski definition) is 4. The van der Waals surface area contributed by atoms with E-state index in [-0.39, 0.29) is 18.1 Å². The Kier molecular flexibility index (Phi) is 4.94. The number of amides is 2. The minimum Gasteiger partial charge on any atom is -0.483 e. The minimum absolute atomic E-state index is 0.134. The molecule has 5 nitrogen and oxygen atoms in total. The van der Waals surface area contributed by atoms with E-state index in [4.69, 9.17) is 10.5 Å². The zero-order chi connectivity index (χ0) is 15.2. The molecule has 2 rings (SSSR count). The smallest absolute Gasteiger partial charge is 0.260 e. The number of hydrogen-bond donors (Lipinski definition) is 1. The Hall–Kier alpha value is -2.34. The van der Waals surface area contributed by atoms with Gasteiger partial charge in [-0.1, -0.05) is 12.1 Å². The van der Waals surface area contributed by atoms with Gasteiger partial charge in [-0.05, 0) is 34.5 Å². The van der Waals surface area contributed by atoms with Gasteiger partial charge in [-0.15, -0.1) is 0 Å². The van der Waals surface area contributed by atoms with Crippen molar-refractivity contribution >= 4 is 23.2 Å². The third-order valence-electron chi connectivity index (χ3n) is 2.93. The summed E-state index contributed by atoms with van der Waals surface area (Å²) >= 11 is 1.59. The topological polar surface area (TPSA) is 72.6 Å². The molecule has 1 aromatic carbocycles. The molecule has 0 saturated carbocycles. The van der Waals surface area contributed by atoms with Gasteiger partial charge in [0.15, 0.2) is 6.61 Å². The Labute approximate surface area is 126 Å². The van der Waals surface area contributed by atoms with Crippen LogP contribution in [-0.2, 0) is 11.3 Å². The van der Waals surface area contributed by atoms with Gasteiger partial charge in [0.25, 0.3) is 11.8 Å². The van der Waals surface area contributed by atoms with Crippen molar-refractivity contribution in [2.75, 3.05) is 13.7 Å². The van der Waals surface area contributed by atoms with Crippen molar-refractivity contribution < 1.29 is 14.3 Å². The first-order valence-electron chi connectivity index (χ1n) is 6.34. The summed E-state index contributed by atoms with van der Waals surface area (Å²) in [6, 6.07) is 8.57. The molecule has 1 heterocycles. The van der Waals surface area contributed by atoms with Crippen molar-refractivity contribution in [2.24, 2.45) is 5.73 Å². The first-order chi connectivity index (χ1) is 10.1. The van der Waals surface area contributed by atoms with Crippen LogP contribution >= 0.6 is 11.3 Å². The number of benzene rings is 1. The summed E-state index contributed by atoms with van der Waals surface area (Å²) in [6.07, 6.45) is 0. The van der Waals surface area contributed by atoms with Crippen LogP contribution in [0.5, 0.6) is 5.75 Å². The lowest BCUT2D eigenvalue weighted by molar-refractivity contribution is -0.132. The van der Waals surface area contributed by atoms with E-state index in [0.29, 0.717) is 12.3 Å². The number of nitrogens with two attached hydrogens (primary N) is 1. The number of likely N-dealkylation sites (N-methyl/N-ethyl adjacent to an activating group) is 1. The maximum Gasteiger partial charge on any atom is 0.260 e. The van der Waals surface area contributed by atoms with Crippen LogP contribution in [0.25, 0.3) is 0 Å². The van der Waals surface area contributed by atoms with E-state index in [9.17, 15) is 9.59 Å². The van der Waals surface area contributed by atoms with Crippen LogP contribution in [0.1, 0.15) is 15.9 Å². The van der Waals surface area contributed by atoms with Gasteiger partial charge in [0.1, 0.15) is 5.75 Å². The second-order valence-corrected chi connectivity index (χ2v) is 5.31. The zero-order valence-electron chi connectivity index (χ0n) is 11.6. The molecular formula is C15H16N2O3S. The Bertz CT molecular complexity index is 626. The molecule has 0 radical (unpaired) electrons. The molecule has 0 saturated heterocycles. The zero-order valence-corrected chi connectivity index (χ0v) is 12.4. The lowest BCUT2D eigenvalue weighted by Crippen LogP contribution is -2.31. The predicted octanol–water partition coefficient (Wildman–Crippen LogP) is 1.88. The van der Waals surface area contributed by atoms with Gasteiger partial charge in [0, 0.05) is 13.6 Å². The molecule has 2 aromatic rings. The number of rotatable bonds is 6. The third kappa shape index (κ3) is 4.06. The summed E-state index contributed by atoms with van der Waals surface area (Å²) in [7, 11) is 1.71.